The van der Waals surface area contributed by atoms with Crippen molar-refractivity contribution in [1.82, 2.24) is 5.32 Å². The van der Waals surface area contributed by atoms with Crippen molar-refractivity contribution in [3.8, 4) is 11.1 Å². The number of anilines is 1. The van der Waals surface area contributed by atoms with Crippen LogP contribution in [0.3, 0.4) is 0 Å². The van der Waals surface area contributed by atoms with Gasteiger partial charge in [-0.25, -0.2) is 4.39 Å². The summed E-state index contributed by atoms with van der Waals surface area (Å²) in [5.74, 6) is -0.622. The van der Waals surface area contributed by atoms with Gasteiger partial charge in [0, 0.05) is 18.2 Å². The first-order chi connectivity index (χ1) is 12.9. The topological polar surface area (TPSA) is 49.4 Å². The Morgan fingerprint density at radius 2 is 1.89 bits per heavy atom. The minimum absolute atomic E-state index is 0.00251. The van der Waals surface area contributed by atoms with Crippen molar-refractivity contribution in [3.05, 3.63) is 47.2 Å². The molecule has 2 aromatic rings. The fraction of sp³-hybridized carbons (Fsp3) is 0.300. The Hall–Kier alpha value is -1.97. The largest absolute Gasteiger partial charge is 0.356 e. The maximum Gasteiger partial charge on any atom is 0.214 e. The summed E-state index contributed by atoms with van der Waals surface area (Å²) >= 11 is 6.35. The molecule has 0 bridgehead atoms. The summed E-state index contributed by atoms with van der Waals surface area (Å²) in [5, 5.41) is 3.75. The number of carbonyl (C=O) groups is 2. The molecule has 27 heavy (non-hydrogen) atoms. The molecule has 1 N–H and O–H groups in total. The van der Waals surface area contributed by atoms with Gasteiger partial charge in [0.1, 0.15) is 0 Å². The molecule has 0 heterocycles. The van der Waals surface area contributed by atoms with Crippen LogP contribution in [0.1, 0.15) is 13.3 Å². The fourth-order valence-corrected chi connectivity index (χ4v) is 4.15. The molecule has 0 saturated carbocycles. The van der Waals surface area contributed by atoms with Gasteiger partial charge in [-0.1, -0.05) is 49.9 Å². The molecule has 0 aliphatic carbocycles. The zero-order valence-corrected chi connectivity index (χ0v) is 17.2. The van der Waals surface area contributed by atoms with Crippen LogP contribution in [0.15, 0.2) is 36.4 Å². The second-order valence-corrected chi connectivity index (χ2v) is 9.09. The first kappa shape index (κ1) is 21.3. The van der Waals surface area contributed by atoms with Crippen LogP contribution >= 0.6 is 19.5 Å². The highest BCUT2D eigenvalue weighted by Crippen LogP contribution is 2.38. The zero-order valence-electron chi connectivity index (χ0n) is 15.6. The molecule has 0 aliphatic heterocycles. The summed E-state index contributed by atoms with van der Waals surface area (Å²) in [6, 6.07) is 11.0. The lowest BCUT2D eigenvalue weighted by Crippen LogP contribution is -2.31. The third kappa shape index (κ3) is 5.06. The summed E-state index contributed by atoms with van der Waals surface area (Å²) in [5.41, 5.74) is 1.65. The normalized spacial score (nSPS) is 11.9. The van der Waals surface area contributed by atoms with Crippen LogP contribution in [0.5, 0.6) is 0 Å². The number of benzene rings is 2. The van der Waals surface area contributed by atoms with Gasteiger partial charge in [-0.2, -0.15) is 0 Å². The number of nitrogens with one attached hydrogen (secondary N) is 1. The third-order valence-electron chi connectivity index (χ3n) is 4.33. The van der Waals surface area contributed by atoms with Gasteiger partial charge >= 0.3 is 0 Å². The molecule has 1 unspecified atom stereocenters. The van der Waals surface area contributed by atoms with E-state index in [4.69, 9.17) is 11.6 Å². The summed E-state index contributed by atoms with van der Waals surface area (Å²) in [4.78, 5) is 23.2. The van der Waals surface area contributed by atoms with Crippen molar-refractivity contribution in [2.45, 2.75) is 19.4 Å². The van der Waals surface area contributed by atoms with Crippen LogP contribution in [0.25, 0.3) is 11.1 Å². The maximum atomic E-state index is 15.0. The Morgan fingerprint density at radius 3 is 2.52 bits per heavy atom. The van der Waals surface area contributed by atoms with E-state index in [1.807, 2.05) is 31.2 Å². The number of amides is 2. The molecule has 4 nitrogen and oxygen atoms in total. The molecule has 0 radical (unpaired) electrons. The Kier molecular flexibility index (Phi) is 7.76. The van der Waals surface area contributed by atoms with E-state index in [-0.39, 0.29) is 31.2 Å². The molecule has 0 aromatic heterocycles. The van der Waals surface area contributed by atoms with Gasteiger partial charge in [0.05, 0.1) is 10.7 Å². The molecule has 7 heteroatoms. The van der Waals surface area contributed by atoms with Crippen molar-refractivity contribution in [3.63, 3.8) is 0 Å². The number of nitrogens with zero attached hydrogens (tertiary/aromatic N) is 1. The van der Waals surface area contributed by atoms with Crippen LogP contribution < -0.4 is 15.5 Å². The average Bonchev–Trinajstić information content (AvgIpc) is 2.65. The molecule has 2 rings (SSSR count). The molecule has 0 fully saturated rings. The lowest BCUT2D eigenvalue weighted by molar-refractivity contribution is -0.110. The molecular weight excluding hydrogens is 386 g/mol. The van der Waals surface area contributed by atoms with E-state index >= 15 is 0 Å². The van der Waals surface area contributed by atoms with Crippen molar-refractivity contribution >= 4 is 43.3 Å². The van der Waals surface area contributed by atoms with Gasteiger partial charge in [-0.05, 0) is 43.6 Å². The summed E-state index contributed by atoms with van der Waals surface area (Å²) in [7, 11) is -0.385. The van der Waals surface area contributed by atoms with E-state index in [2.05, 4.69) is 18.6 Å². The van der Waals surface area contributed by atoms with Gasteiger partial charge in [0.2, 0.25) is 12.8 Å². The number of halogens is 2. The van der Waals surface area contributed by atoms with Gasteiger partial charge in [-0.3, -0.25) is 9.59 Å². The Balaban J connectivity index is 2.36. The van der Waals surface area contributed by atoms with E-state index in [0.717, 1.165) is 10.9 Å². The van der Waals surface area contributed by atoms with Crippen molar-refractivity contribution in [2.75, 3.05) is 24.8 Å². The van der Waals surface area contributed by atoms with Crippen molar-refractivity contribution in [2.24, 2.45) is 0 Å². The van der Waals surface area contributed by atoms with Gasteiger partial charge in [0.15, 0.2) is 5.82 Å². The first-order valence-corrected chi connectivity index (χ1v) is 11.2. The molecule has 1 atom stereocenters. The molecule has 2 amide bonds. The quantitative estimate of drug-likeness (QED) is 0.503. The molecule has 0 saturated heterocycles. The maximum absolute atomic E-state index is 15.0. The van der Waals surface area contributed by atoms with Crippen LogP contribution in [0.4, 0.5) is 10.1 Å². The minimum Gasteiger partial charge on any atom is -0.356 e. The van der Waals surface area contributed by atoms with Gasteiger partial charge in [-0.15, -0.1) is 0 Å². The molecule has 2 aromatic carbocycles. The molecule has 0 spiro atoms. The monoisotopic (exact) mass is 408 g/mol. The predicted molar refractivity (Wildman–Crippen MR) is 112 cm³/mol. The van der Waals surface area contributed by atoms with Crippen LogP contribution in [-0.2, 0) is 9.59 Å². The average molecular weight is 409 g/mol. The van der Waals surface area contributed by atoms with Gasteiger partial charge in [0.25, 0.3) is 0 Å². The van der Waals surface area contributed by atoms with E-state index in [1.165, 1.54) is 4.90 Å². The number of carbonyl (C=O) groups excluding carboxylic acids is 2. The highest BCUT2D eigenvalue weighted by Gasteiger charge is 2.19. The number of rotatable bonds is 9. The van der Waals surface area contributed by atoms with E-state index in [1.54, 1.807) is 12.1 Å². The first-order valence-electron chi connectivity index (χ1n) is 8.57. The Bertz CT molecular complexity index is 817. The van der Waals surface area contributed by atoms with Crippen molar-refractivity contribution in [1.29, 1.82) is 0 Å². The standard InChI is InChI=1S/C20H23ClFN2O2P/c1-14(23-12-25)10-11-24(13-26)17-9-8-16(19(21)20(17)22)15-6-4-5-7-18(15)27(2)3/h4-9,12-14H,10-11H2,1-3H3,(H,23,25). The summed E-state index contributed by atoms with van der Waals surface area (Å²) < 4.78 is 15.0. The summed E-state index contributed by atoms with van der Waals surface area (Å²) in [6.07, 6.45) is 1.68. The molecule has 144 valence electrons. The predicted octanol–water partition coefficient (Wildman–Crippen LogP) is 4.00. The fourth-order valence-electron chi connectivity index (χ4n) is 2.82. The van der Waals surface area contributed by atoms with Crippen LogP contribution in [-0.4, -0.2) is 38.7 Å². The van der Waals surface area contributed by atoms with Gasteiger partial charge < -0.3 is 10.2 Å². The highest BCUT2D eigenvalue weighted by atomic mass is 35.5. The van der Waals surface area contributed by atoms with E-state index < -0.39 is 5.82 Å². The smallest absolute Gasteiger partial charge is 0.214 e. The zero-order chi connectivity index (χ0) is 20.0. The summed E-state index contributed by atoms with van der Waals surface area (Å²) in [6.45, 7) is 6.35. The SMILES string of the molecule is CC(CCN(C=O)c1ccc(-c2ccccc2P(C)C)c(Cl)c1F)NC=O. The minimum atomic E-state index is -0.622. The lowest BCUT2D eigenvalue weighted by Gasteiger charge is -2.22. The lowest BCUT2D eigenvalue weighted by atomic mass is 10.0. The van der Waals surface area contributed by atoms with E-state index in [9.17, 15) is 14.0 Å². The number of hydrogen-bond donors (Lipinski definition) is 1. The molecule has 0 aliphatic rings. The van der Waals surface area contributed by atoms with Crippen LogP contribution in [0.2, 0.25) is 5.02 Å². The van der Waals surface area contributed by atoms with Crippen LogP contribution in [0, 0.1) is 5.82 Å². The molecular formula is C20H23ClFN2O2P. The second-order valence-electron chi connectivity index (χ2n) is 6.44. The Labute approximate surface area is 165 Å². The second kappa shape index (κ2) is 9.82. The van der Waals surface area contributed by atoms with E-state index in [0.29, 0.717) is 24.8 Å². The third-order valence-corrected chi connectivity index (χ3v) is 6.05. The number of hydrogen-bond acceptors (Lipinski definition) is 2. The van der Waals surface area contributed by atoms with Crippen molar-refractivity contribution < 1.29 is 14.0 Å². The highest BCUT2D eigenvalue weighted by molar-refractivity contribution is 7.64. The Morgan fingerprint density at radius 1 is 1.19 bits per heavy atom.